The highest BCUT2D eigenvalue weighted by atomic mass is 16.5. The van der Waals surface area contributed by atoms with Crippen molar-refractivity contribution < 1.29 is 4.74 Å². The Morgan fingerprint density at radius 2 is 1.95 bits per heavy atom. The van der Waals surface area contributed by atoms with Crippen LogP contribution >= 0.6 is 0 Å². The first-order valence-corrected chi connectivity index (χ1v) is 7.30. The minimum absolute atomic E-state index is 0.150. The number of nitrogens with zero attached hydrogens (tertiary/aromatic N) is 1. The van der Waals surface area contributed by atoms with Gasteiger partial charge in [-0.05, 0) is 44.7 Å². The second-order valence-electron chi connectivity index (χ2n) is 6.13. The van der Waals surface area contributed by atoms with Crippen LogP contribution in [0.1, 0.15) is 40.5 Å². The first-order valence-electron chi connectivity index (χ1n) is 7.30. The lowest BCUT2D eigenvalue weighted by Crippen LogP contribution is -2.30. The first-order chi connectivity index (χ1) is 8.99. The smallest absolute Gasteiger partial charge is 0.144 e. The summed E-state index contributed by atoms with van der Waals surface area (Å²) >= 11 is 0. The van der Waals surface area contributed by atoms with Gasteiger partial charge in [-0.15, -0.1) is 0 Å². The summed E-state index contributed by atoms with van der Waals surface area (Å²) in [5.74, 6) is 1.44. The van der Waals surface area contributed by atoms with E-state index in [4.69, 9.17) is 10.5 Å². The second kappa shape index (κ2) is 5.72. The molecule has 1 aliphatic rings. The lowest BCUT2D eigenvalue weighted by Gasteiger charge is -2.29. The molecule has 1 aromatic rings. The van der Waals surface area contributed by atoms with Crippen molar-refractivity contribution in [2.45, 2.75) is 52.7 Å². The maximum Gasteiger partial charge on any atom is 0.144 e. The average Bonchev–Trinajstić information content (AvgIpc) is 3.12. The lowest BCUT2D eigenvalue weighted by atomic mass is 10.1. The third kappa shape index (κ3) is 3.55. The number of rotatable bonds is 6. The van der Waals surface area contributed by atoms with Crippen molar-refractivity contribution >= 4 is 11.4 Å². The number of benzene rings is 1. The van der Waals surface area contributed by atoms with Crippen LogP contribution in [0.3, 0.4) is 0 Å². The normalized spacial score (nSPS) is 15.1. The molecule has 0 saturated heterocycles. The van der Waals surface area contributed by atoms with Gasteiger partial charge in [-0.25, -0.2) is 0 Å². The van der Waals surface area contributed by atoms with Crippen molar-refractivity contribution in [3.8, 4) is 5.75 Å². The quantitative estimate of drug-likeness (QED) is 0.795. The first kappa shape index (κ1) is 14.0. The number of hydrogen-bond donors (Lipinski definition) is 1. The second-order valence-corrected chi connectivity index (χ2v) is 6.13. The van der Waals surface area contributed by atoms with Gasteiger partial charge >= 0.3 is 0 Å². The Morgan fingerprint density at radius 3 is 2.47 bits per heavy atom. The minimum Gasteiger partial charge on any atom is -0.489 e. The van der Waals surface area contributed by atoms with Gasteiger partial charge in [0.15, 0.2) is 0 Å². The fourth-order valence-electron chi connectivity index (χ4n) is 2.36. The summed E-state index contributed by atoms with van der Waals surface area (Å²) in [6.07, 6.45) is 2.71. The summed E-state index contributed by atoms with van der Waals surface area (Å²) < 4.78 is 5.79. The number of para-hydroxylation sites is 1. The molecule has 2 rings (SSSR count). The topological polar surface area (TPSA) is 38.5 Å². The van der Waals surface area contributed by atoms with Crippen molar-refractivity contribution in [2.24, 2.45) is 5.92 Å². The van der Waals surface area contributed by atoms with E-state index in [1.54, 1.807) is 0 Å². The molecule has 3 nitrogen and oxygen atoms in total. The van der Waals surface area contributed by atoms with Crippen LogP contribution in [0.5, 0.6) is 5.75 Å². The molecule has 0 amide bonds. The summed E-state index contributed by atoms with van der Waals surface area (Å²) in [5.41, 5.74) is 8.22. The molecule has 0 aliphatic heterocycles. The Morgan fingerprint density at radius 1 is 1.26 bits per heavy atom. The van der Waals surface area contributed by atoms with Gasteiger partial charge in [0.25, 0.3) is 0 Å². The largest absolute Gasteiger partial charge is 0.489 e. The van der Waals surface area contributed by atoms with Gasteiger partial charge in [0, 0.05) is 12.6 Å². The number of ether oxygens (including phenoxy) is 1. The molecule has 2 N–H and O–H groups in total. The summed E-state index contributed by atoms with van der Waals surface area (Å²) in [6.45, 7) is 9.61. The molecule has 1 saturated carbocycles. The number of nitrogen functional groups attached to an aromatic ring is 1. The Balaban J connectivity index is 2.26. The van der Waals surface area contributed by atoms with Gasteiger partial charge in [-0.2, -0.15) is 0 Å². The Labute approximate surface area is 116 Å². The van der Waals surface area contributed by atoms with Gasteiger partial charge in [0.1, 0.15) is 5.75 Å². The molecule has 0 atom stereocenters. The molecular weight excluding hydrogens is 236 g/mol. The Bertz CT molecular complexity index is 425. The van der Waals surface area contributed by atoms with Crippen molar-refractivity contribution in [3.63, 3.8) is 0 Å². The zero-order chi connectivity index (χ0) is 14.0. The molecule has 19 heavy (non-hydrogen) atoms. The third-order valence-corrected chi connectivity index (χ3v) is 3.26. The monoisotopic (exact) mass is 262 g/mol. The fourth-order valence-corrected chi connectivity index (χ4v) is 2.36. The maximum atomic E-state index is 6.31. The van der Waals surface area contributed by atoms with Crippen molar-refractivity contribution in [3.05, 3.63) is 18.2 Å². The van der Waals surface area contributed by atoms with Crippen molar-refractivity contribution in [2.75, 3.05) is 17.2 Å². The van der Waals surface area contributed by atoms with E-state index in [0.717, 1.165) is 23.7 Å². The summed E-state index contributed by atoms with van der Waals surface area (Å²) in [6, 6.07) is 6.78. The molecule has 0 unspecified atom stereocenters. The SMILES string of the molecule is CC(C)CN(c1cccc(OC(C)C)c1N)C1CC1. The van der Waals surface area contributed by atoms with E-state index in [1.165, 1.54) is 12.8 Å². The van der Waals surface area contributed by atoms with Crippen LogP contribution in [0.25, 0.3) is 0 Å². The van der Waals surface area contributed by atoms with Crippen LogP contribution in [-0.4, -0.2) is 18.7 Å². The predicted molar refractivity (Wildman–Crippen MR) is 81.8 cm³/mol. The highest BCUT2D eigenvalue weighted by molar-refractivity contribution is 5.74. The zero-order valence-corrected chi connectivity index (χ0v) is 12.5. The molecule has 106 valence electrons. The molecule has 0 bridgehead atoms. The van der Waals surface area contributed by atoms with Crippen LogP contribution < -0.4 is 15.4 Å². The van der Waals surface area contributed by atoms with Gasteiger partial charge < -0.3 is 15.4 Å². The van der Waals surface area contributed by atoms with E-state index in [1.807, 2.05) is 26.0 Å². The molecule has 0 heterocycles. The maximum absolute atomic E-state index is 6.31. The van der Waals surface area contributed by atoms with E-state index in [9.17, 15) is 0 Å². The third-order valence-electron chi connectivity index (χ3n) is 3.26. The summed E-state index contributed by atoms with van der Waals surface area (Å²) in [4.78, 5) is 2.45. The lowest BCUT2D eigenvalue weighted by molar-refractivity contribution is 0.244. The molecule has 0 spiro atoms. The molecule has 1 aliphatic carbocycles. The van der Waals surface area contributed by atoms with E-state index in [-0.39, 0.29) is 6.10 Å². The van der Waals surface area contributed by atoms with Crippen molar-refractivity contribution in [1.29, 1.82) is 0 Å². The number of anilines is 2. The van der Waals surface area contributed by atoms with Crippen LogP contribution in [0.4, 0.5) is 11.4 Å². The minimum atomic E-state index is 0.150. The molecule has 0 aromatic heterocycles. The van der Waals surface area contributed by atoms with Gasteiger partial charge in [-0.3, -0.25) is 0 Å². The van der Waals surface area contributed by atoms with Crippen molar-refractivity contribution in [1.82, 2.24) is 0 Å². The zero-order valence-electron chi connectivity index (χ0n) is 12.5. The molecule has 3 heteroatoms. The summed E-state index contributed by atoms with van der Waals surface area (Å²) in [5, 5.41) is 0. The van der Waals surface area contributed by atoms with Crippen LogP contribution in [0.15, 0.2) is 18.2 Å². The molecule has 1 aromatic carbocycles. The van der Waals surface area contributed by atoms with Gasteiger partial charge in [0.05, 0.1) is 17.5 Å². The average molecular weight is 262 g/mol. The van der Waals surface area contributed by atoms with E-state index in [0.29, 0.717) is 12.0 Å². The van der Waals surface area contributed by atoms with Gasteiger partial charge in [-0.1, -0.05) is 19.9 Å². The molecule has 0 radical (unpaired) electrons. The molecule has 1 fully saturated rings. The highest BCUT2D eigenvalue weighted by Gasteiger charge is 2.31. The van der Waals surface area contributed by atoms with E-state index >= 15 is 0 Å². The van der Waals surface area contributed by atoms with Crippen LogP contribution in [-0.2, 0) is 0 Å². The van der Waals surface area contributed by atoms with E-state index in [2.05, 4.69) is 24.8 Å². The standard InChI is InChI=1S/C16H26N2O/c1-11(2)10-18(13-8-9-13)14-6-5-7-15(16(14)17)19-12(3)4/h5-7,11-13H,8-10,17H2,1-4H3. The Hall–Kier alpha value is -1.38. The summed E-state index contributed by atoms with van der Waals surface area (Å²) in [7, 11) is 0. The Kier molecular flexibility index (Phi) is 4.23. The fraction of sp³-hybridized carbons (Fsp3) is 0.625. The predicted octanol–water partition coefficient (Wildman–Crippen LogP) is 3.68. The number of nitrogens with two attached hydrogens (primary N) is 1. The van der Waals surface area contributed by atoms with Crippen LogP contribution in [0, 0.1) is 5.92 Å². The number of hydrogen-bond acceptors (Lipinski definition) is 3. The van der Waals surface area contributed by atoms with E-state index < -0.39 is 0 Å². The van der Waals surface area contributed by atoms with Gasteiger partial charge in [0.2, 0.25) is 0 Å². The highest BCUT2D eigenvalue weighted by Crippen LogP contribution is 2.39. The molecular formula is C16H26N2O. The van der Waals surface area contributed by atoms with Crippen LogP contribution in [0.2, 0.25) is 0 Å².